The first-order valence-electron chi connectivity index (χ1n) is 8.91. The van der Waals surface area contributed by atoms with Crippen molar-refractivity contribution in [2.45, 2.75) is 32.9 Å². The second-order valence-electron chi connectivity index (χ2n) is 6.41. The van der Waals surface area contributed by atoms with Crippen molar-refractivity contribution in [3.8, 4) is 5.75 Å². The molecule has 0 fully saturated rings. The lowest BCUT2D eigenvalue weighted by atomic mass is 9.97. The first-order chi connectivity index (χ1) is 12.9. The molecule has 2 aromatic carbocycles. The number of carbonyl (C=O) groups is 2. The Hall–Kier alpha value is -2.53. The Morgan fingerprint density at radius 2 is 1.85 bits per heavy atom. The molecule has 0 aromatic heterocycles. The second kappa shape index (κ2) is 9.97. The van der Waals surface area contributed by atoms with E-state index in [0.29, 0.717) is 17.1 Å². The van der Waals surface area contributed by atoms with E-state index in [1.807, 2.05) is 38.1 Å². The molecule has 0 spiro atoms. The van der Waals surface area contributed by atoms with E-state index in [2.05, 4.69) is 10.6 Å². The SMILES string of the molecule is CCC(C)C(NC(=O)c1ccc(Cl)cc1)C(=O)NCc1cccc(OC)c1. The van der Waals surface area contributed by atoms with Gasteiger partial charge in [0.2, 0.25) is 5.91 Å². The van der Waals surface area contributed by atoms with Gasteiger partial charge in [-0.1, -0.05) is 44.0 Å². The minimum Gasteiger partial charge on any atom is -0.497 e. The van der Waals surface area contributed by atoms with Crippen molar-refractivity contribution in [2.75, 3.05) is 7.11 Å². The average molecular weight is 389 g/mol. The zero-order chi connectivity index (χ0) is 19.8. The fourth-order valence-electron chi connectivity index (χ4n) is 2.61. The molecule has 0 heterocycles. The van der Waals surface area contributed by atoms with Crippen molar-refractivity contribution < 1.29 is 14.3 Å². The van der Waals surface area contributed by atoms with Gasteiger partial charge in [0.1, 0.15) is 11.8 Å². The molecule has 0 aliphatic carbocycles. The summed E-state index contributed by atoms with van der Waals surface area (Å²) in [6, 6.07) is 13.4. The number of nitrogens with one attached hydrogen (secondary N) is 2. The molecule has 2 amide bonds. The minimum atomic E-state index is -0.621. The van der Waals surface area contributed by atoms with Gasteiger partial charge in [0.25, 0.3) is 5.91 Å². The Morgan fingerprint density at radius 3 is 2.48 bits per heavy atom. The maximum Gasteiger partial charge on any atom is 0.251 e. The van der Waals surface area contributed by atoms with E-state index in [9.17, 15) is 9.59 Å². The molecule has 2 N–H and O–H groups in total. The van der Waals surface area contributed by atoms with Crippen LogP contribution in [0.15, 0.2) is 48.5 Å². The van der Waals surface area contributed by atoms with E-state index in [1.54, 1.807) is 31.4 Å². The smallest absolute Gasteiger partial charge is 0.251 e. The van der Waals surface area contributed by atoms with E-state index >= 15 is 0 Å². The number of rotatable bonds is 8. The largest absolute Gasteiger partial charge is 0.497 e. The summed E-state index contributed by atoms with van der Waals surface area (Å²) in [5, 5.41) is 6.30. The highest BCUT2D eigenvalue weighted by molar-refractivity contribution is 6.30. The summed E-state index contributed by atoms with van der Waals surface area (Å²) >= 11 is 5.86. The van der Waals surface area contributed by atoms with E-state index in [0.717, 1.165) is 17.7 Å². The maximum absolute atomic E-state index is 12.7. The monoisotopic (exact) mass is 388 g/mol. The third kappa shape index (κ3) is 6.00. The summed E-state index contributed by atoms with van der Waals surface area (Å²) < 4.78 is 5.20. The van der Waals surface area contributed by atoms with Crippen molar-refractivity contribution >= 4 is 23.4 Å². The van der Waals surface area contributed by atoms with Crippen LogP contribution >= 0.6 is 11.6 Å². The molecule has 6 heteroatoms. The number of ether oxygens (including phenoxy) is 1. The third-order valence-electron chi connectivity index (χ3n) is 4.49. The maximum atomic E-state index is 12.7. The number of benzene rings is 2. The molecule has 0 saturated heterocycles. The molecular formula is C21H25ClN2O3. The lowest BCUT2D eigenvalue weighted by Crippen LogP contribution is -2.50. The van der Waals surface area contributed by atoms with Crippen LogP contribution in [0.3, 0.4) is 0 Å². The molecule has 0 radical (unpaired) electrons. The molecule has 0 bridgehead atoms. The minimum absolute atomic E-state index is 0.00782. The van der Waals surface area contributed by atoms with Crippen LogP contribution in [-0.2, 0) is 11.3 Å². The Balaban J connectivity index is 2.04. The van der Waals surface area contributed by atoms with Crippen LogP contribution in [0.5, 0.6) is 5.75 Å². The molecule has 0 saturated carbocycles. The first kappa shape index (κ1) is 20.8. The van der Waals surface area contributed by atoms with E-state index in [-0.39, 0.29) is 17.7 Å². The van der Waals surface area contributed by atoms with Crippen LogP contribution in [0.25, 0.3) is 0 Å². The van der Waals surface area contributed by atoms with Gasteiger partial charge in [0.05, 0.1) is 7.11 Å². The van der Waals surface area contributed by atoms with Crippen LogP contribution in [0, 0.1) is 5.92 Å². The number of amides is 2. The molecular weight excluding hydrogens is 364 g/mol. The fraction of sp³-hybridized carbons (Fsp3) is 0.333. The van der Waals surface area contributed by atoms with Crippen molar-refractivity contribution in [3.05, 3.63) is 64.7 Å². The van der Waals surface area contributed by atoms with Crippen LogP contribution in [0.4, 0.5) is 0 Å². The normalized spacial score (nSPS) is 12.7. The summed E-state index contributed by atoms with van der Waals surface area (Å²) in [6.45, 7) is 4.29. The molecule has 2 rings (SSSR count). The first-order valence-corrected chi connectivity index (χ1v) is 9.29. The number of carbonyl (C=O) groups excluding carboxylic acids is 2. The molecule has 2 aromatic rings. The third-order valence-corrected chi connectivity index (χ3v) is 4.74. The predicted molar refractivity (Wildman–Crippen MR) is 107 cm³/mol. The quantitative estimate of drug-likeness (QED) is 0.722. The van der Waals surface area contributed by atoms with Crippen molar-refractivity contribution in [2.24, 2.45) is 5.92 Å². The van der Waals surface area contributed by atoms with Crippen LogP contribution in [-0.4, -0.2) is 25.0 Å². The van der Waals surface area contributed by atoms with Gasteiger partial charge in [0, 0.05) is 17.1 Å². The lowest BCUT2D eigenvalue weighted by molar-refractivity contribution is -0.124. The lowest BCUT2D eigenvalue weighted by Gasteiger charge is -2.23. The molecule has 5 nitrogen and oxygen atoms in total. The van der Waals surface area contributed by atoms with Crippen LogP contribution in [0.1, 0.15) is 36.2 Å². The average Bonchev–Trinajstić information content (AvgIpc) is 2.70. The highest BCUT2D eigenvalue weighted by Crippen LogP contribution is 2.14. The Bertz CT molecular complexity index is 777. The molecule has 144 valence electrons. The van der Waals surface area contributed by atoms with Crippen molar-refractivity contribution in [1.82, 2.24) is 10.6 Å². The van der Waals surface area contributed by atoms with Crippen molar-refractivity contribution in [3.63, 3.8) is 0 Å². The second-order valence-corrected chi connectivity index (χ2v) is 6.85. The van der Waals surface area contributed by atoms with Crippen molar-refractivity contribution in [1.29, 1.82) is 0 Å². The Morgan fingerprint density at radius 1 is 1.15 bits per heavy atom. The molecule has 0 aliphatic heterocycles. The van der Waals surface area contributed by atoms with E-state index in [1.165, 1.54) is 0 Å². The van der Waals surface area contributed by atoms with Gasteiger partial charge < -0.3 is 15.4 Å². The highest BCUT2D eigenvalue weighted by atomic mass is 35.5. The molecule has 0 aliphatic rings. The zero-order valence-corrected chi connectivity index (χ0v) is 16.5. The molecule has 2 atom stereocenters. The van der Waals surface area contributed by atoms with Gasteiger partial charge >= 0.3 is 0 Å². The summed E-state index contributed by atoms with van der Waals surface area (Å²) in [6.07, 6.45) is 0.762. The summed E-state index contributed by atoms with van der Waals surface area (Å²) in [5.74, 6) is 0.214. The molecule has 2 unspecified atom stereocenters. The van der Waals surface area contributed by atoms with Gasteiger partial charge in [-0.3, -0.25) is 9.59 Å². The predicted octanol–water partition coefficient (Wildman–Crippen LogP) is 3.81. The molecule has 27 heavy (non-hydrogen) atoms. The summed E-state index contributed by atoms with van der Waals surface area (Å²) in [5.41, 5.74) is 1.39. The standard InChI is InChI=1S/C21H25ClN2O3/c1-4-14(2)19(24-20(25)16-8-10-17(22)11-9-16)21(26)23-13-15-6-5-7-18(12-15)27-3/h5-12,14,19H,4,13H2,1-3H3,(H,23,26)(H,24,25). The summed E-state index contributed by atoms with van der Waals surface area (Å²) in [7, 11) is 1.60. The van der Waals surface area contributed by atoms with E-state index in [4.69, 9.17) is 16.3 Å². The number of hydrogen-bond donors (Lipinski definition) is 2. The van der Waals surface area contributed by atoms with E-state index < -0.39 is 6.04 Å². The van der Waals surface area contributed by atoms with Gasteiger partial charge in [-0.25, -0.2) is 0 Å². The number of hydrogen-bond acceptors (Lipinski definition) is 3. The summed E-state index contributed by atoms with van der Waals surface area (Å²) in [4.78, 5) is 25.2. The van der Waals surface area contributed by atoms with Gasteiger partial charge in [-0.05, 0) is 47.9 Å². The van der Waals surface area contributed by atoms with Gasteiger partial charge in [-0.15, -0.1) is 0 Å². The van der Waals surface area contributed by atoms with Gasteiger partial charge in [-0.2, -0.15) is 0 Å². The fourth-order valence-corrected chi connectivity index (χ4v) is 2.74. The topological polar surface area (TPSA) is 67.4 Å². The van der Waals surface area contributed by atoms with Crippen LogP contribution in [0.2, 0.25) is 5.02 Å². The van der Waals surface area contributed by atoms with Gasteiger partial charge in [0.15, 0.2) is 0 Å². The number of methoxy groups -OCH3 is 1. The highest BCUT2D eigenvalue weighted by Gasteiger charge is 2.26. The number of halogens is 1. The Labute approximate surface area is 165 Å². The van der Waals surface area contributed by atoms with Crippen LogP contribution < -0.4 is 15.4 Å². The Kier molecular flexibility index (Phi) is 7.67. The zero-order valence-electron chi connectivity index (χ0n) is 15.8.